The normalized spacial score (nSPS) is 29.4. The molecule has 1 fully saturated rings. The molecule has 0 N–H and O–H groups in total. The lowest BCUT2D eigenvalue weighted by Crippen LogP contribution is -2.20. The second-order valence-electron chi connectivity index (χ2n) is 3.98. The second kappa shape index (κ2) is 3.46. The summed E-state index contributed by atoms with van der Waals surface area (Å²) >= 11 is 0. The van der Waals surface area contributed by atoms with Crippen LogP contribution >= 0.6 is 0 Å². The maximum absolute atomic E-state index is 4.17. The van der Waals surface area contributed by atoms with Gasteiger partial charge in [0.2, 0.25) is 0 Å². The van der Waals surface area contributed by atoms with Crippen LogP contribution in [0.2, 0.25) is 0 Å². The second-order valence-corrected chi connectivity index (χ2v) is 3.98. The smallest absolute Gasteiger partial charge is 0.0386 e. The van der Waals surface area contributed by atoms with Gasteiger partial charge in [0, 0.05) is 18.4 Å². The summed E-state index contributed by atoms with van der Waals surface area (Å²) in [7, 11) is 2.20. The Kier molecular flexibility index (Phi) is 2.32. The molecule has 13 heavy (non-hydrogen) atoms. The number of pyridine rings is 1. The lowest BCUT2D eigenvalue weighted by Gasteiger charge is -2.22. The van der Waals surface area contributed by atoms with Crippen molar-refractivity contribution in [3.63, 3.8) is 0 Å². The standard InChI is InChI=1S/C11H16N2/c1-9-5-7-13(2)11(9)10-4-3-6-12-8-10/h3-4,6,8-9,11H,5,7H2,1-2H3/t9-,11-/m0/s1. The van der Waals surface area contributed by atoms with Crippen LogP contribution in [0.25, 0.3) is 0 Å². The average molecular weight is 176 g/mol. The van der Waals surface area contributed by atoms with Crippen LogP contribution in [0.5, 0.6) is 0 Å². The minimum Gasteiger partial charge on any atom is -0.299 e. The first-order valence-electron chi connectivity index (χ1n) is 4.89. The van der Waals surface area contributed by atoms with E-state index in [2.05, 4.69) is 29.9 Å². The third-order valence-electron chi connectivity index (χ3n) is 2.98. The van der Waals surface area contributed by atoms with Crippen molar-refractivity contribution >= 4 is 0 Å². The van der Waals surface area contributed by atoms with Gasteiger partial charge in [0.15, 0.2) is 0 Å². The van der Waals surface area contributed by atoms with E-state index >= 15 is 0 Å². The van der Waals surface area contributed by atoms with Crippen LogP contribution in [-0.4, -0.2) is 23.5 Å². The molecule has 1 aliphatic rings. The average Bonchev–Trinajstić information content (AvgIpc) is 2.48. The number of rotatable bonds is 1. The van der Waals surface area contributed by atoms with E-state index in [0.29, 0.717) is 6.04 Å². The van der Waals surface area contributed by atoms with Crippen LogP contribution < -0.4 is 0 Å². The predicted molar refractivity (Wildman–Crippen MR) is 53.4 cm³/mol. The summed E-state index contributed by atoms with van der Waals surface area (Å²) in [5, 5.41) is 0. The Labute approximate surface area is 79.6 Å². The molecule has 0 amide bonds. The molecule has 70 valence electrons. The molecule has 0 aromatic carbocycles. The fourth-order valence-electron chi connectivity index (χ4n) is 2.27. The Morgan fingerprint density at radius 3 is 2.92 bits per heavy atom. The SMILES string of the molecule is C[C@H]1CCN(C)[C@@H]1c1cccnc1. The van der Waals surface area contributed by atoms with E-state index in [-0.39, 0.29) is 0 Å². The number of hydrogen-bond acceptors (Lipinski definition) is 2. The van der Waals surface area contributed by atoms with Crippen molar-refractivity contribution in [1.82, 2.24) is 9.88 Å². The van der Waals surface area contributed by atoms with Gasteiger partial charge < -0.3 is 0 Å². The Balaban J connectivity index is 2.25. The van der Waals surface area contributed by atoms with Crippen molar-refractivity contribution in [2.24, 2.45) is 5.92 Å². The molecular weight excluding hydrogens is 160 g/mol. The molecule has 2 heteroatoms. The minimum absolute atomic E-state index is 0.577. The molecule has 0 unspecified atom stereocenters. The zero-order valence-corrected chi connectivity index (χ0v) is 8.27. The van der Waals surface area contributed by atoms with Crippen molar-refractivity contribution in [2.75, 3.05) is 13.6 Å². The molecule has 0 bridgehead atoms. The lowest BCUT2D eigenvalue weighted by atomic mass is 9.97. The highest BCUT2D eigenvalue weighted by molar-refractivity contribution is 5.16. The molecule has 0 aliphatic carbocycles. The van der Waals surface area contributed by atoms with Crippen molar-refractivity contribution in [2.45, 2.75) is 19.4 Å². The Morgan fingerprint density at radius 1 is 1.54 bits per heavy atom. The number of aromatic nitrogens is 1. The topological polar surface area (TPSA) is 16.1 Å². The molecule has 0 spiro atoms. The zero-order chi connectivity index (χ0) is 9.26. The molecule has 2 heterocycles. The largest absolute Gasteiger partial charge is 0.299 e. The highest BCUT2D eigenvalue weighted by atomic mass is 15.2. The first-order chi connectivity index (χ1) is 6.29. The predicted octanol–water partition coefficient (Wildman–Crippen LogP) is 2.09. The maximum atomic E-state index is 4.17. The van der Waals surface area contributed by atoms with E-state index in [9.17, 15) is 0 Å². The molecule has 1 saturated heterocycles. The van der Waals surface area contributed by atoms with Gasteiger partial charge in [-0.05, 0) is 37.6 Å². The fraction of sp³-hybridized carbons (Fsp3) is 0.545. The van der Waals surface area contributed by atoms with Crippen LogP contribution in [0.1, 0.15) is 24.9 Å². The highest BCUT2D eigenvalue weighted by Gasteiger charge is 2.29. The molecule has 0 saturated carbocycles. The molecule has 1 aromatic rings. The van der Waals surface area contributed by atoms with E-state index in [4.69, 9.17) is 0 Å². The highest BCUT2D eigenvalue weighted by Crippen LogP contribution is 2.34. The molecule has 2 rings (SSSR count). The Morgan fingerprint density at radius 2 is 2.38 bits per heavy atom. The number of hydrogen-bond donors (Lipinski definition) is 0. The van der Waals surface area contributed by atoms with Gasteiger partial charge in [-0.1, -0.05) is 13.0 Å². The van der Waals surface area contributed by atoms with E-state index in [0.717, 1.165) is 5.92 Å². The Hall–Kier alpha value is -0.890. The molecule has 1 aliphatic heterocycles. The fourth-order valence-corrected chi connectivity index (χ4v) is 2.27. The number of nitrogens with zero attached hydrogens (tertiary/aromatic N) is 2. The van der Waals surface area contributed by atoms with Gasteiger partial charge in [0.1, 0.15) is 0 Å². The molecule has 2 atom stereocenters. The minimum atomic E-state index is 0.577. The summed E-state index contributed by atoms with van der Waals surface area (Å²) in [5.41, 5.74) is 1.36. The quantitative estimate of drug-likeness (QED) is 0.651. The summed E-state index contributed by atoms with van der Waals surface area (Å²) in [4.78, 5) is 6.59. The van der Waals surface area contributed by atoms with Crippen molar-refractivity contribution in [3.8, 4) is 0 Å². The third-order valence-corrected chi connectivity index (χ3v) is 2.98. The summed E-state index contributed by atoms with van der Waals surface area (Å²) in [5.74, 6) is 0.759. The Bertz CT molecular complexity index is 261. The monoisotopic (exact) mass is 176 g/mol. The van der Waals surface area contributed by atoms with Crippen LogP contribution in [-0.2, 0) is 0 Å². The summed E-state index contributed by atoms with van der Waals surface area (Å²) in [6.07, 6.45) is 5.13. The molecular formula is C11H16N2. The maximum Gasteiger partial charge on any atom is 0.0386 e. The third kappa shape index (κ3) is 1.59. The lowest BCUT2D eigenvalue weighted by molar-refractivity contribution is 0.285. The first kappa shape index (κ1) is 8.70. The van der Waals surface area contributed by atoms with Gasteiger partial charge in [0.25, 0.3) is 0 Å². The summed E-state index contributed by atoms with van der Waals surface area (Å²) in [6.45, 7) is 3.53. The summed E-state index contributed by atoms with van der Waals surface area (Å²) < 4.78 is 0. The first-order valence-corrected chi connectivity index (χ1v) is 4.89. The molecule has 2 nitrogen and oxygen atoms in total. The van der Waals surface area contributed by atoms with Crippen molar-refractivity contribution < 1.29 is 0 Å². The van der Waals surface area contributed by atoms with Crippen molar-refractivity contribution in [1.29, 1.82) is 0 Å². The van der Waals surface area contributed by atoms with E-state index < -0.39 is 0 Å². The van der Waals surface area contributed by atoms with E-state index in [1.165, 1.54) is 18.5 Å². The van der Waals surface area contributed by atoms with Crippen molar-refractivity contribution in [3.05, 3.63) is 30.1 Å². The van der Waals surface area contributed by atoms with Crippen LogP contribution in [0.3, 0.4) is 0 Å². The van der Waals surface area contributed by atoms with Gasteiger partial charge in [-0.25, -0.2) is 0 Å². The molecule has 0 radical (unpaired) electrons. The van der Waals surface area contributed by atoms with Crippen LogP contribution in [0, 0.1) is 5.92 Å². The number of likely N-dealkylation sites (tertiary alicyclic amines) is 1. The van der Waals surface area contributed by atoms with Gasteiger partial charge in [-0.3, -0.25) is 9.88 Å². The van der Waals surface area contributed by atoms with E-state index in [1.54, 1.807) is 0 Å². The zero-order valence-electron chi connectivity index (χ0n) is 8.27. The van der Waals surface area contributed by atoms with E-state index in [1.807, 2.05) is 18.5 Å². The van der Waals surface area contributed by atoms with Crippen LogP contribution in [0.15, 0.2) is 24.5 Å². The van der Waals surface area contributed by atoms with Crippen LogP contribution in [0.4, 0.5) is 0 Å². The molecule has 1 aromatic heterocycles. The summed E-state index contributed by atoms with van der Waals surface area (Å²) in [6, 6.07) is 4.78. The van der Waals surface area contributed by atoms with Gasteiger partial charge in [0.05, 0.1) is 0 Å². The van der Waals surface area contributed by atoms with Gasteiger partial charge in [-0.2, -0.15) is 0 Å². The van der Waals surface area contributed by atoms with Gasteiger partial charge in [-0.15, -0.1) is 0 Å². The van der Waals surface area contributed by atoms with Gasteiger partial charge >= 0.3 is 0 Å².